The Labute approximate surface area is 142 Å². The van der Waals surface area contributed by atoms with Crippen molar-refractivity contribution in [3.8, 4) is 0 Å². The van der Waals surface area contributed by atoms with E-state index in [1.165, 1.54) is 37.4 Å². The number of hydrogen-bond donors (Lipinski definition) is 2. The number of hydrogen-bond acceptors (Lipinski definition) is 3. The summed E-state index contributed by atoms with van der Waals surface area (Å²) in [6.07, 6.45) is 0. The molecule has 2 aromatic carbocycles. The molecule has 8 heteroatoms. The number of carbonyl (C=O) groups is 1. The van der Waals surface area contributed by atoms with Gasteiger partial charge in [0.15, 0.2) is 0 Å². The summed E-state index contributed by atoms with van der Waals surface area (Å²) in [4.78, 5) is 12.2. The van der Waals surface area contributed by atoms with Crippen LogP contribution in [0.5, 0.6) is 0 Å². The smallest absolute Gasteiger partial charge is 0.252 e. The van der Waals surface area contributed by atoms with E-state index in [-0.39, 0.29) is 22.8 Å². The molecule has 0 bridgehead atoms. The Bertz CT molecular complexity index is 823. The summed E-state index contributed by atoms with van der Waals surface area (Å²) in [7, 11) is -2.34. The van der Waals surface area contributed by atoms with Gasteiger partial charge in [-0.1, -0.05) is 12.1 Å². The Balaban J connectivity index is 2.18. The van der Waals surface area contributed by atoms with E-state index >= 15 is 0 Å². The third kappa shape index (κ3) is 4.37. The third-order valence-electron chi connectivity index (χ3n) is 3.13. The van der Waals surface area contributed by atoms with Gasteiger partial charge in [0.25, 0.3) is 5.91 Å². The number of rotatable bonds is 5. The zero-order valence-corrected chi connectivity index (χ0v) is 14.5. The molecule has 0 aliphatic carbocycles. The lowest BCUT2D eigenvalue weighted by atomic mass is 10.2. The summed E-state index contributed by atoms with van der Waals surface area (Å²) in [5.41, 5.74) is 0.929. The molecule has 0 saturated heterocycles. The van der Waals surface area contributed by atoms with Crippen LogP contribution >= 0.6 is 15.9 Å². The first-order chi connectivity index (χ1) is 10.8. The molecule has 0 atom stereocenters. The van der Waals surface area contributed by atoms with E-state index in [0.29, 0.717) is 4.47 Å². The van der Waals surface area contributed by atoms with Crippen molar-refractivity contribution in [2.24, 2.45) is 0 Å². The molecule has 2 N–H and O–H groups in total. The summed E-state index contributed by atoms with van der Waals surface area (Å²) in [6.45, 7) is 0.203. The van der Waals surface area contributed by atoms with Gasteiger partial charge in [-0.2, -0.15) is 0 Å². The van der Waals surface area contributed by atoms with E-state index in [4.69, 9.17) is 0 Å². The standard InChI is InChI=1S/C15H14BrFN2O3S/c1-18-23(21,22)12-6-7-14(16)13(8-12)15(20)19-9-10-2-4-11(17)5-3-10/h2-8,18H,9H2,1H3,(H,19,20). The topological polar surface area (TPSA) is 75.3 Å². The average molecular weight is 401 g/mol. The largest absolute Gasteiger partial charge is 0.348 e. The molecule has 5 nitrogen and oxygen atoms in total. The predicted octanol–water partition coefficient (Wildman–Crippen LogP) is 2.43. The first-order valence-electron chi connectivity index (χ1n) is 6.59. The Morgan fingerprint density at radius 3 is 2.43 bits per heavy atom. The Kier molecular flexibility index (Phi) is 5.51. The molecule has 0 spiro atoms. The minimum Gasteiger partial charge on any atom is -0.348 e. The van der Waals surface area contributed by atoms with E-state index in [1.54, 1.807) is 12.1 Å². The van der Waals surface area contributed by atoms with E-state index in [1.807, 2.05) is 0 Å². The average Bonchev–Trinajstić information content (AvgIpc) is 2.54. The highest BCUT2D eigenvalue weighted by molar-refractivity contribution is 9.10. The molecule has 2 rings (SSSR count). The Hall–Kier alpha value is -1.77. The van der Waals surface area contributed by atoms with Gasteiger partial charge in [0.2, 0.25) is 10.0 Å². The van der Waals surface area contributed by atoms with Crippen molar-refractivity contribution in [1.29, 1.82) is 0 Å². The second kappa shape index (κ2) is 7.20. The summed E-state index contributed by atoms with van der Waals surface area (Å²) >= 11 is 3.23. The molecule has 0 aromatic heterocycles. The van der Waals surface area contributed by atoms with Crippen molar-refractivity contribution in [1.82, 2.24) is 10.0 Å². The molecule has 0 aliphatic heterocycles. The van der Waals surface area contributed by atoms with Crippen molar-refractivity contribution in [3.63, 3.8) is 0 Å². The van der Waals surface area contributed by atoms with Crippen LogP contribution in [0.3, 0.4) is 0 Å². The molecule has 0 saturated carbocycles. The number of amides is 1. The van der Waals surface area contributed by atoms with Crippen LogP contribution in [0.1, 0.15) is 15.9 Å². The summed E-state index contributed by atoms with van der Waals surface area (Å²) < 4.78 is 39.1. The lowest BCUT2D eigenvalue weighted by molar-refractivity contribution is 0.0950. The second-order valence-corrected chi connectivity index (χ2v) is 7.40. The SMILES string of the molecule is CNS(=O)(=O)c1ccc(Br)c(C(=O)NCc2ccc(F)cc2)c1. The van der Waals surface area contributed by atoms with Crippen LogP contribution in [0.15, 0.2) is 51.8 Å². The third-order valence-corrected chi connectivity index (χ3v) is 5.23. The van der Waals surface area contributed by atoms with Gasteiger partial charge in [-0.15, -0.1) is 0 Å². The molecule has 122 valence electrons. The van der Waals surface area contributed by atoms with Gasteiger partial charge >= 0.3 is 0 Å². The fourth-order valence-corrected chi connectivity index (χ4v) is 3.03. The first kappa shape index (κ1) is 17.6. The molecule has 0 fully saturated rings. The number of carbonyl (C=O) groups excluding carboxylic acids is 1. The highest BCUT2D eigenvalue weighted by Crippen LogP contribution is 2.21. The van der Waals surface area contributed by atoms with Gasteiger partial charge in [-0.05, 0) is 58.9 Å². The maximum Gasteiger partial charge on any atom is 0.252 e. The van der Waals surface area contributed by atoms with E-state index in [0.717, 1.165) is 5.56 Å². The van der Waals surface area contributed by atoms with Crippen LogP contribution in [-0.4, -0.2) is 21.4 Å². The van der Waals surface area contributed by atoms with Crippen LogP contribution in [0.2, 0.25) is 0 Å². The highest BCUT2D eigenvalue weighted by Gasteiger charge is 2.17. The van der Waals surface area contributed by atoms with Crippen molar-refractivity contribution in [2.75, 3.05) is 7.05 Å². The molecule has 0 radical (unpaired) electrons. The maximum absolute atomic E-state index is 12.8. The van der Waals surface area contributed by atoms with Gasteiger partial charge in [-0.25, -0.2) is 17.5 Å². The minimum absolute atomic E-state index is 0.00451. The zero-order valence-electron chi connectivity index (χ0n) is 12.1. The molecule has 0 heterocycles. The van der Waals surface area contributed by atoms with E-state index in [9.17, 15) is 17.6 Å². The lowest BCUT2D eigenvalue weighted by Crippen LogP contribution is -2.24. The van der Waals surface area contributed by atoms with Crippen molar-refractivity contribution < 1.29 is 17.6 Å². The van der Waals surface area contributed by atoms with Gasteiger partial charge in [0, 0.05) is 11.0 Å². The van der Waals surface area contributed by atoms with Gasteiger partial charge in [-0.3, -0.25) is 4.79 Å². The monoisotopic (exact) mass is 400 g/mol. The van der Waals surface area contributed by atoms with Crippen molar-refractivity contribution in [3.05, 3.63) is 63.9 Å². The minimum atomic E-state index is -3.64. The van der Waals surface area contributed by atoms with Gasteiger partial charge in [0.05, 0.1) is 10.5 Å². The Morgan fingerprint density at radius 2 is 1.83 bits per heavy atom. The number of benzene rings is 2. The van der Waals surface area contributed by atoms with Crippen LogP contribution in [0, 0.1) is 5.82 Å². The van der Waals surface area contributed by atoms with Crippen LogP contribution in [0.25, 0.3) is 0 Å². The number of sulfonamides is 1. The molecule has 0 aliphatic rings. The van der Waals surface area contributed by atoms with Crippen LogP contribution in [-0.2, 0) is 16.6 Å². The fourth-order valence-electron chi connectivity index (χ4n) is 1.84. The normalized spacial score (nSPS) is 11.3. The lowest BCUT2D eigenvalue weighted by Gasteiger charge is -2.09. The summed E-state index contributed by atoms with van der Waals surface area (Å²) in [5, 5.41) is 2.67. The van der Waals surface area contributed by atoms with Crippen LogP contribution < -0.4 is 10.0 Å². The molecule has 2 aromatic rings. The highest BCUT2D eigenvalue weighted by atomic mass is 79.9. The maximum atomic E-state index is 12.8. The second-order valence-electron chi connectivity index (χ2n) is 4.66. The van der Waals surface area contributed by atoms with Crippen molar-refractivity contribution >= 4 is 31.9 Å². The first-order valence-corrected chi connectivity index (χ1v) is 8.87. The molecule has 0 unspecified atom stereocenters. The zero-order chi connectivity index (χ0) is 17.0. The summed E-state index contributed by atoms with van der Waals surface area (Å²) in [6, 6.07) is 9.91. The van der Waals surface area contributed by atoms with Gasteiger partial charge < -0.3 is 5.32 Å². The number of nitrogens with one attached hydrogen (secondary N) is 2. The Morgan fingerprint density at radius 1 is 1.17 bits per heavy atom. The number of halogens is 2. The molecular formula is C15H14BrFN2O3S. The van der Waals surface area contributed by atoms with E-state index in [2.05, 4.69) is 26.0 Å². The predicted molar refractivity (Wildman–Crippen MR) is 88.0 cm³/mol. The quantitative estimate of drug-likeness (QED) is 0.808. The van der Waals surface area contributed by atoms with Gasteiger partial charge in [0.1, 0.15) is 5.82 Å². The van der Waals surface area contributed by atoms with Crippen molar-refractivity contribution in [2.45, 2.75) is 11.4 Å². The van der Waals surface area contributed by atoms with Crippen LogP contribution in [0.4, 0.5) is 4.39 Å². The molecular weight excluding hydrogens is 387 g/mol. The van der Waals surface area contributed by atoms with E-state index < -0.39 is 15.9 Å². The fraction of sp³-hybridized carbons (Fsp3) is 0.133. The molecule has 1 amide bonds. The molecule has 23 heavy (non-hydrogen) atoms. The summed E-state index contributed by atoms with van der Waals surface area (Å²) in [5.74, 6) is -0.790.